The first-order valence-electron chi connectivity index (χ1n) is 7.06. The summed E-state index contributed by atoms with van der Waals surface area (Å²) in [7, 11) is 1.91. The lowest BCUT2D eigenvalue weighted by Crippen LogP contribution is -2.07. The van der Waals surface area contributed by atoms with Crippen LogP contribution in [0.4, 0.5) is 0 Å². The highest BCUT2D eigenvalue weighted by Gasteiger charge is 1.95. The lowest BCUT2D eigenvalue weighted by atomic mass is 10.2. The van der Waals surface area contributed by atoms with Gasteiger partial charge in [-0.3, -0.25) is 4.98 Å². The highest BCUT2D eigenvalue weighted by Crippen LogP contribution is 2.02. The predicted molar refractivity (Wildman–Crippen MR) is 84.7 cm³/mol. The molecular weight excluding hydrogens is 260 g/mol. The molecule has 0 bridgehead atoms. The average Bonchev–Trinajstić information content (AvgIpc) is 2.51. The highest BCUT2D eigenvalue weighted by molar-refractivity contribution is 5.34. The smallest absolute Gasteiger partial charge is 0.115 e. The Morgan fingerprint density at radius 1 is 1.14 bits per heavy atom. The first-order chi connectivity index (χ1) is 10.3. The van der Waals surface area contributed by atoms with E-state index in [9.17, 15) is 0 Å². The third-order valence-corrected chi connectivity index (χ3v) is 3.06. The molecule has 1 heterocycles. The van der Waals surface area contributed by atoms with Gasteiger partial charge >= 0.3 is 0 Å². The fraction of sp³-hybridized carbons (Fsp3) is 0.278. The largest absolute Gasteiger partial charge is 0.446 e. The first kappa shape index (κ1) is 15.1. The molecule has 0 fully saturated rings. The van der Waals surface area contributed by atoms with E-state index in [4.69, 9.17) is 4.74 Å². The van der Waals surface area contributed by atoms with Gasteiger partial charge in [-0.05, 0) is 43.7 Å². The minimum Gasteiger partial charge on any atom is -0.446 e. The number of rotatable bonds is 5. The molecule has 0 amide bonds. The Labute approximate surface area is 126 Å². The molecule has 1 N–H and O–H groups in total. The SMILES string of the molecule is CNCc1ccc(CCOC#Cc2ccc(C)cc2)cn1. The van der Waals surface area contributed by atoms with E-state index in [1.807, 2.05) is 43.6 Å². The second kappa shape index (κ2) is 8.08. The van der Waals surface area contributed by atoms with Crippen molar-refractivity contribution in [1.82, 2.24) is 10.3 Å². The zero-order valence-corrected chi connectivity index (χ0v) is 12.5. The number of aryl methyl sites for hydroxylation is 1. The van der Waals surface area contributed by atoms with Gasteiger partial charge in [0.1, 0.15) is 12.7 Å². The molecule has 1 aromatic heterocycles. The van der Waals surface area contributed by atoms with E-state index in [1.165, 1.54) is 5.56 Å². The van der Waals surface area contributed by atoms with Gasteiger partial charge in [0, 0.05) is 24.7 Å². The second-order valence-corrected chi connectivity index (χ2v) is 4.88. The van der Waals surface area contributed by atoms with Gasteiger partial charge in [0.15, 0.2) is 0 Å². The van der Waals surface area contributed by atoms with E-state index < -0.39 is 0 Å². The normalized spacial score (nSPS) is 9.81. The maximum Gasteiger partial charge on any atom is 0.115 e. The van der Waals surface area contributed by atoms with Gasteiger partial charge in [0.05, 0.1) is 5.69 Å². The third kappa shape index (κ3) is 5.29. The van der Waals surface area contributed by atoms with Crippen LogP contribution in [0.1, 0.15) is 22.4 Å². The van der Waals surface area contributed by atoms with Gasteiger partial charge in [-0.25, -0.2) is 0 Å². The number of hydrogen-bond donors (Lipinski definition) is 1. The molecule has 0 unspecified atom stereocenters. The summed E-state index contributed by atoms with van der Waals surface area (Å²) in [6.07, 6.45) is 5.45. The van der Waals surface area contributed by atoms with E-state index >= 15 is 0 Å². The number of hydrogen-bond acceptors (Lipinski definition) is 3. The molecule has 0 aliphatic carbocycles. The van der Waals surface area contributed by atoms with Crippen molar-refractivity contribution >= 4 is 0 Å². The molecule has 3 nitrogen and oxygen atoms in total. The molecule has 0 aliphatic rings. The Hall–Kier alpha value is -2.31. The number of ether oxygens (including phenoxy) is 1. The molecule has 0 saturated heterocycles. The molecule has 0 spiro atoms. The molecular formula is C18H20N2O. The third-order valence-electron chi connectivity index (χ3n) is 3.06. The van der Waals surface area contributed by atoms with Crippen molar-refractivity contribution in [2.24, 2.45) is 0 Å². The van der Waals surface area contributed by atoms with Crippen LogP contribution in [-0.4, -0.2) is 18.6 Å². The van der Waals surface area contributed by atoms with Gasteiger partial charge in [-0.2, -0.15) is 0 Å². The standard InChI is InChI=1S/C18H20N2O/c1-15-3-5-16(6-4-15)9-11-21-12-10-17-7-8-18(14-19-2)20-13-17/h3-8,13,19H,10,12,14H2,1-2H3. The average molecular weight is 280 g/mol. The van der Waals surface area contributed by atoms with E-state index in [0.717, 1.165) is 29.8 Å². The summed E-state index contributed by atoms with van der Waals surface area (Å²) in [6.45, 7) is 3.42. The van der Waals surface area contributed by atoms with Crippen molar-refractivity contribution in [2.45, 2.75) is 19.9 Å². The van der Waals surface area contributed by atoms with E-state index in [0.29, 0.717) is 6.61 Å². The second-order valence-electron chi connectivity index (χ2n) is 4.88. The molecule has 2 rings (SSSR count). The summed E-state index contributed by atoms with van der Waals surface area (Å²) in [6, 6.07) is 12.2. The molecule has 108 valence electrons. The van der Waals surface area contributed by atoms with Crippen LogP contribution in [0.25, 0.3) is 0 Å². The quantitative estimate of drug-likeness (QED) is 0.675. The van der Waals surface area contributed by atoms with Crippen LogP contribution in [-0.2, 0) is 17.7 Å². The van der Waals surface area contributed by atoms with Gasteiger partial charge in [0.25, 0.3) is 0 Å². The Morgan fingerprint density at radius 3 is 2.62 bits per heavy atom. The highest BCUT2D eigenvalue weighted by atomic mass is 16.5. The Morgan fingerprint density at radius 2 is 1.95 bits per heavy atom. The molecule has 0 aliphatic heterocycles. The van der Waals surface area contributed by atoms with Crippen molar-refractivity contribution in [3.05, 3.63) is 65.0 Å². The lowest BCUT2D eigenvalue weighted by molar-refractivity contribution is 0.282. The lowest BCUT2D eigenvalue weighted by Gasteiger charge is -2.02. The zero-order valence-electron chi connectivity index (χ0n) is 12.5. The van der Waals surface area contributed by atoms with E-state index in [1.54, 1.807) is 0 Å². The topological polar surface area (TPSA) is 34.1 Å². The Kier molecular flexibility index (Phi) is 5.81. The van der Waals surface area contributed by atoms with Crippen molar-refractivity contribution in [3.63, 3.8) is 0 Å². The van der Waals surface area contributed by atoms with Crippen molar-refractivity contribution < 1.29 is 4.74 Å². The molecule has 0 saturated carbocycles. The molecule has 3 heteroatoms. The molecule has 1 aromatic carbocycles. The van der Waals surface area contributed by atoms with Gasteiger partial charge in [-0.1, -0.05) is 23.8 Å². The van der Waals surface area contributed by atoms with Crippen molar-refractivity contribution in [1.29, 1.82) is 0 Å². The Balaban J connectivity index is 1.75. The number of benzene rings is 1. The number of aromatic nitrogens is 1. The Bertz CT molecular complexity index is 606. The maximum absolute atomic E-state index is 5.35. The summed E-state index contributed by atoms with van der Waals surface area (Å²) in [5.74, 6) is 2.99. The molecule has 0 radical (unpaired) electrons. The number of nitrogens with one attached hydrogen (secondary N) is 1. The number of nitrogens with zero attached hydrogens (tertiary/aromatic N) is 1. The van der Waals surface area contributed by atoms with Crippen molar-refractivity contribution in [3.8, 4) is 12.0 Å². The summed E-state index contributed by atoms with van der Waals surface area (Å²) in [4.78, 5) is 4.37. The fourth-order valence-corrected chi connectivity index (χ4v) is 1.84. The fourth-order valence-electron chi connectivity index (χ4n) is 1.84. The van der Waals surface area contributed by atoms with Crippen LogP contribution in [0.15, 0.2) is 42.6 Å². The first-order valence-corrected chi connectivity index (χ1v) is 7.06. The predicted octanol–water partition coefficient (Wildman–Crippen LogP) is 2.68. The number of pyridine rings is 1. The van der Waals surface area contributed by atoms with Gasteiger partial charge in [-0.15, -0.1) is 0 Å². The van der Waals surface area contributed by atoms with Crippen LogP contribution in [0, 0.1) is 19.0 Å². The maximum atomic E-state index is 5.35. The van der Waals surface area contributed by atoms with Crippen LogP contribution < -0.4 is 5.32 Å². The summed E-state index contributed by atoms with van der Waals surface area (Å²) in [5.41, 5.74) is 4.41. The van der Waals surface area contributed by atoms with Gasteiger partial charge < -0.3 is 10.1 Å². The monoisotopic (exact) mass is 280 g/mol. The van der Waals surface area contributed by atoms with Gasteiger partial charge in [0.2, 0.25) is 0 Å². The minimum absolute atomic E-state index is 0.575. The summed E-state index contributed by atoms with van der Waals surface area (Å²) in [5, 5.41) is 3.08. The summed E-state index contributed by atoms with van der Waals surface area (Å²) < 4.78 is 5.35. The summed E-state index contributed by atoms with van der Waals surface area (Å²) >= 11 is 0. The van der Waals surface area contributed by atoms with Crippen molar-refractivity contribution in [2.75, 3.05) is 13.7 Å². The molecule has 21 heavy (non-hydrogen) atoms. The van der Waals surface area contributed by atoms with Crippen LogP contribution >= 0.6 is 0 Å². The molecule has 2 aromatic rings. The van der Waals surface area contributed by atoms with E-state index in [-0.39, 0.29) is 0 Å². The van der Waals surface area contributed by atoms with Crippen LogP contribution in [0.5, 0.6) is 0 Å². The van der Waals surface area contributed by atoms with E-state index in [2.05, 4.69) is 35.3 Å². The zero-order chi connectivity index (χ0) is 14.9. The minimum atomic E-state index is 0.575. The van der Waals surface area contributed by atoms with Crippen LogP contribution in [0.2, 0.25) is 0 Å². The molecule has 0 atom stereocenters. The van der Waals surface area contributed by atoms with Crippen LogP contribution in [0.3, 0.4) is 0 Å².